The summed E-state index contributed by atoms with van der Waals surface area (Å²) in [6, 6.07) is 9.82. The zero-order chi connectivity index (χ0) is 19.7. The Kier molecular flexibility index (Phi) is 11.3. The third-order valence-corrected chi connectivity index (χ3v) is 5.06. The van der Waals surface area contributed by atoms with E-state index in [1.807, 2.05) is 60.9 Å². The summed E-state index contributed by atoms with van der Waals surface area (Å²) in [6.07, 6.45) is 8.21. The van der Waals surface area contributed by atoms with Crippen molar-refractivity contribution in [2.45, 2.75) is 12.5 Å². The summed E-state index contributed by atoms with van der Waals surface area (Å²) in [4.78, 5) is 14.9. The molecule has 1 spiro atoms. The van der Waals surface area contributed by atoms with Gasteiger partial charge in [0.25, 0.3) is 0 Å². The van der Waals surface area contributed by atoms with Gasteiger partial charge in [0.15, 0.2) is 0 Å². The largest absolute Gasteiger partial charge is 0 e. The van der Waals surface area contributed by atoms with Crippen molar-refractivity contribution < 1.29 is 40.9 Å². The van der Waals surface area contributed by atoms with Gasteiger partial charge in [-0.25, -0.2) is 0 Å². The Morgan fingerprint density at radius 2 is 1.63 bits per heavy atom. The van der Waals surface area contributed by atoms with Crippen LogP contribution in [-0.4, -0.2) is 23.7 Å². The van der Waals surface area contributed by atoms with Crippen LogP contribution in [0.2, 0.25) is 0 Å². The first kappa shape index (κ1) is 25.4. The first-order valence-electron chi connectivity index (χ1n) is 7.76. The maximum Gasteiger partial charge on any atom is 0 e. The van der Waals surface area contributed by atoms with E-state index in [4.69, 9.17) is 14.0 Å². The Hall–Kier alpha value is -1.61. The molecule has 140 valence electrons. The monoisotopic (exact) mass is 407 g/mol. The summed E-state index contributed by atoms with van der Waals surface area (Å²) >= 11 is 0. The van der Waals surface area contributed by atoms with Gasteiger partial charge in [0.1, 0.15) is 0 Å². The first-order chi connectivity index (χ1) is 12.7. The van der Waals surface area contributed by atoms with Crippen molar-refractivity contribution in [2.75, 3.05) is 11.4 Å². The van der Waals surface area contributed by atoms with Gasteiger partial charge in [0.2, 0.25) is 5.91 Å². The fraction of sp³-hybridized carbons (Fsp3) is 0.300. The van der Waals surface area contributed by atoms with Crippen LogP contribution in [0.1, 0.15) is 6.42 Å². The van der Waals surface area contributed by atoms with E-state index in [0.717, 1.165) is 5.69 Å². The number of aliphatic hydroxyl groups excluding tert-OH is 1. The second-order valence-electron chi connectivity index (χ2n) is 5.95. The summed E-state index contributed by atoms with van der Waals surface area (Å²) in [6.45, 7) is 14.2. The fourth-order valence-electron chi connectivity index (χ4n) is 4.14. The number of rotatable bonds is 1. The summed E-state index contributed by atoms with van der Waals surface area (Å²) in [7, 11) is 0. The Morgan fingerprint density at radius 1 is 1.04 bits per heavy atom. The molecule has 2 aliphatic carbocycles. The molecule has 1 heterocycles. The van der Waals surface area contributed by atoms with E-state index < -0.39 is 11.5 Å². The summed E-state index contributed by atoms with van der Waals surface area (Å²) < 4.78 is 22.5. The molecular formula is C20H17FeNO5. The zero-order valence-corrected chi connectivity index (χ0v) is 15.3. The number of hydrogen-bond donors (Lipinski definition) is 1. The van der Waals surface area contributed by atoms with Crippen LogP contribution in [0, 0.1) is 62.9 Å². The number of anilines is 1. The molecule has 6 nitrogen and oxygen atoms in total. The minimum absolute atomic E-state index is 0. The van der Waals surface area contributed by atoms with Crippen molar-refractivity contribution in [3.05, 3.63) is 76.0 Å². The molecule has 4 rings (SSSR count). The topological polar surface area (TPSA) is 100 Å². The van der Waals surface area contributed by atoms with Crippen molar-refractivity contribution >= 4 is 11.6 Å². The van der Waals surface area contributed by atoms with Crippen LogP contribution in [0.5, 0.6) is 0 Å². The number of carbonyl (C=O) groups is 1. The molecule has 4 atom stereocenters. The molecule has 3 aliphatic rings. The van der Waals surface area contributed by atoms with Gasteiger partial charge in [-0.1, -0.05) is 18.2 Å². The maximum absolute atomic E-state index is 13.0. The smallest absolute Gasteiger partial charge is 0 e. The molecule has 0 bridgehead atoms. The van der Waals surface area contributed by atoms with Crippen LogP contribution in [-0.2, 0) is 35.8 Å². The van der Waals surface area contributed by atoms with E-state index in [1.54, 1.807) is 0 Å². The molecule has 1 saturated heterocycles. The molecule has 3 fully saturated rings. The van der Waals surface area contributed by atoms with Crippen molar-refractivity contribution in [3.8, 4) is 0 Å². The van der Waals surface area contributed by atoms with Gasteiger partial charge in [-0.05, 0) is 50.2 Å². The number of carbonyl (C=O) groups excluding carboxylic acids is 1. The van der Waals surface area contributed by atoms with Crippen molar-refractivity contribution in [2.24, 2.45) is 17.3 Å². The first-order valence-corrected chi connectivity index (χ1v) is 7.76. The number of nitrogens with zero attached hydrogens (tertiary/aromatic N) is 1. The van der Waals surface area contributed by atoms with E-state index in [1.165, 1.54) is 0 Å². The molecule has 1 aliphatic heterocycles. The molecule has 4 radical (unpaired) electrons. The number of amides is 1. The second-order valence-corrected chi connectivity index (χ2v) is 5.95. The molecule has 27 heavy (non-hydrogen) atoms. The Morgan fingerprint density at radius 3 is 2.22 bits per heavy atom. The van der Waals surface area contributed by atoms with E-state index in [9.17, 15) is 9.90 Å². The molecule has 7 heteroatoms. The van der Waals surface area contributed by atoms with Gasteiger partial charge < -0.3 is 10.0 Å². The van der Waals surface area contributed by atoms with Crippen LogP contribution in [0.3, 0.4) is 0 Å². The summed E-state index contributed by atoms with van der Waals surface area (Å²) in [5.41, 5.74) is 0.432. The van der Waals surface area contributed by atoms with Crippen LogP contribution in [0.25, 0.3) is 0 Å². The van der Waals surface area contributed by atoms with Gasteiger partial charge in [0.05, 0.1) is 11.5 Å². The molecule has 1 N–H and O–H groups in total. The molecule has 1 aromatic rings. The van der Waals surface area contributed by atoms with Crippen LogP contribution in [0.4, 0.5) is 5.69 Å². The van der Waals surface area contributed by atoms with E-state index in [2.05, 4.69) is 20.0 Å². The minimum Gasteiger partial charge on any atom is 0 e. The molecule has 1 amide bonds. The predicted octanol–water partition coefficient (Wildman–Crippen LogP) is 1.73. The van der Waals surface area contributed by atoms with Crippen molar-refractivity contribution in [3.63, 3.8) is 0 Å². The second kappa shape index (κ2) is 12.0. The minimum atomic E-state index is -0.524. The molecule has 0 aromatic heterocycles. The number of benzene rings is 1. The van der Waals surface area contributed by atoms with Gasteiger partial charge >= 0.3 is 33.9 Å². The van der Waals surface area contributed by atoms with Crippen LogP contribution in [0.15, 0.2) is 30.3 Å². The maximum atomic E-state index is 13.0. The van der Waals surface area contributed by atoms with Gasteiger partial charge in [-0.3, -0.25) is 4.79 Å². The Bertz CT molecular complexity index is 645. The van der Waals surface area contributed by atoms with Gasteiger partial charge in [-0.2, -0.15) is 0 Å². The van der Waals surface area contributed by atoms with Crippen LogP contribution >= 0.6 is 0 Å². The van der Waals surface area contributed by atoms with E-state index in [-0.39, 0.29) is 34.8 Å². The van der Waals surface area contributed by atoms with Crippen molar-refractivity contribution in [1.82, 2.24) is 0 Å². The van der Waals surface area contributed by atoms with Gasteiger partial charge in [0, 0.05) is 35.2 Å². The quantitative estimate of drug-likeness (QED) is 0.436. The average molecular weight is 407 g/mol. The Labute approximate surface area is 169 Å². The van der Waals surface area contributed by atoms with Crippen molar-refractivity contribution in [1.29, 1.82) is 0 Å². The molecular weight excluding hydrogens is 390 g/mol. The summed E-state index contributed by atoms with van der Waals surface area (Å²) in [5, 5.41) is 10.2. The Balaban J connectivity index is 0.000000885. The van der Waals surface area contributed by atoms with Crippen LogP contribution < -0.4 is 4.90 Å². The van der Waals surface area contributed by atoms with Gasteiger partial charge in [-0.15, -0.1) is 0 Å². The van der Waals surface area contributed by atoms with E-state index in [0.29, 0.717) is 13.0 Å². The van der Waals surface area contributed by atoms with E-state index >= 15 is 0 Å². The molecule has 1 aromatic carbocycles. The number of hydrogen-bond acceptors (Lipinski definition) is 2. The third kappa shape index (κ3) is 4.45. The number of aliphatic hydroxyl groups is 1. The fourth-order valence-corrected chi connectivity index (χ4v) is 4.14. The standard InChI is InChI=1S/C17H17NO2.3CO.Fe/c19-15-10-12-11-18(13-6-2-1-3-7-13)16(20)17(12)9-5-4-8-14(15)17;3*1-2;/h1-9,12,14-15,19H,10-11H2;;;;/t12-,14+,15+,17+;;;;/m1..../s1. The normalized spacial score (nSPS) is 29.7. The zero-order valence-electron chi connectivity index (χ0n) is 14.2. The third-order valence-electron chi connectivity index (χ3n) is 5.06. The number of para-hydroxylation sites is 1. The predicted molar refractivity (Wildman–Crippen MR) is 87.8 cm³/mol. The summed E-state index contributed by atoms with van der Waals surface area (Å²) in [5.74, 6) is 0.269. The SMILES string of the molecule is O=C1N(c2ccccc2)C[C@H]2C[C@H](O)[C@@H]3[CH][CH][CH][CH][C@]123.[C-]#[O+].[C-]#[O+].[C-]#[O+].[Fe]. The molecule has 2 saturated carbocycles. The molecule has 0 unspecified atom stereocenters. The average Bonchev–Trinajstić information content (AvgIpc) is 3.17.